The van der Waals surface area contributed by atoms with E-state index in [1.807, 2.05) is 33.3 Å². The molecule has 0 aromatic carbocycles. The van der Waals surface area contributed by atoms with Gasteiger partial charge in [0.2, 0.25) is 0 Å². The molecule has 15 heavy (non-hydrogen) atoms. The summed E-state index contributed by atoms with van der Waals surface area (Å²) in [6.07, 6.45) is 1.93. The Morgan fingerprint density at radius 3 is 2.93 bits per heavy atom. The number of aromatic amines is 1. The summed E-state index contributed by atoms with van der Waals surface area (Å²) in [6.45, 7) is 2.81. The predicted molar refractivity (Wildman–Crippen MR) is 60.5 cm³/mol. The summed E-state index contributed by atoms with van der Waals surface area (Å²) in [7, 11) is 3.97. The molecule has 0 radical (unpaired) electrons. The van der Waals surface area contributed by atoms with Gasteiger partial charge in [-0.05, 0) is 26.1 Å². The Bertz CT molecular complexity index is 439. The zero-order chi connectivity index (χ0) is 10.8. The molecule has 0 saturated heterocycles. The Kier molecular flexibility index (Phi) is 2.60. The summed E-state index contributed by atoms with van der Waals surface area (Å²) >= 11 is 0. The number of rotatable bonds is 3. The molecule has 0 amide bonds. The van der Waals surface area contributed by atoms with Crippen molar-refractivity contribution in [3.63, 3.8) is 0 Å². The number of aromatic nitrogens is 3. The summed E-state index contributed by atoms with van der Waals surface area (Å²) in [5, 5.41) is 3.14. The Morgan fingerprint density at radius 2 is 2.33 bits per heavy atom. The minimum atomic E-state index is 0.788. The van der Waals surface area contributed by atoms with Gasteiger partial charge in [0.15, 0.2) is 0 Å². The second kappa shape index (κ2) is 3.90. The second-order valence-corrected chi connectivity index (χ2v) is 3.63. The molecule has 80 valence electrons. The lowest BCUT2D eigenvalue weighted by Gasteiger charge is -2.04. The monoisotopic (exact) mass is 204 g/mol. The highest BCUT2D eigenvalue weighted by atomic mass is 15.1. The number of aryl methyl sites for hydroxylation is 1. The molecular weight excluding hydrogens is 188 g/mol. The molecule has 0 fully saturated rings. The van der Waals surface area contributed by atoms with E-state index < -0.39 is 0 Å². The van der Waals surface area contributed by atoms with Crippen molar-refractivity contribution in [1.29, 1.82) is 0 Å². The van der Waals surface area contributed by atoms with Crippen molar-refractivity contribution in [2.75, 3.05) is 7.05 Å². The van der Waals surface area contributed by atoms with Crippen LogP contribution in [0.5, 0.6) is 0 Å². The van der Waals surface area contributed by atoms with Crippen LogP contribution in [0.15, 0.2) is 18.3 Å². The third kappa shape index (κ3) is 1.68. The van der Waals surface area contributed by atoms with Crippen molar-refractivity contribution in [2.45, 2.75) is 13.5 Å². The van der Waals surface area contributed by atoms with Crippen LogP contribution in [0.4, 0.5) is 0 Å². The third-order valence-corrected chi connectivity index (χ3v) is 2.59. The number of imidazole rings is 1. The van der Waals surface area contributed by atoms with E-state index in [0.717, 1.165) is 29.5 Å². The van der Waals surface area contributed by atoms with Crippen LogP contribution >= 0.6 is 0 Å². The molecule has 4 heteroatoms. The van der Waals surface area contributed by atoms with Gasteiger partial charge in [0.1, 0.15) is 5.82 Å². The van der Waals surface area contributed by atoms with E-state index in [2.05, 4.69) is 25.9 Å². The number of nitrogens with zero attached hydrogens (tertiary/aromatic N) is 2. The molecule has 0 aliphatic carbocycles. The maximum Gasteiger partial charge on any atom is 0.106 e. The highest BCUT2D eigenvalue weighted by molar-refractivity contribution is 5.58. The van der Waals surface area contributed by atoms with Gasteiger partial charge < -0.3 is 14.9 Å². The molecule has 2 N–H and O–H groups in total. The van der Waals surface area contributed by atoms with Crippen molar-refractivity contribution in [3.05, 3.63) is 29.8 Å². The SMILES string of the molecule is CNCc1nc(C)n(C)c1-c1ccc[nH]1. The Labute approximate surface area is 89.3 Å². The van der Waals surface area contributed by atoms with Crippen molar-refractivity contribution >= 4 is 0 Å². The van der Waals surface area contributed by atoms with Gasteiger partial charge >= 0.3 is 0 Å². The molecule has 4 nitrogen and oxygen atoms in total. The maximum atomic E-state index is 4.54. The van der Waals surface area contributed by atoms with Crippen LogP contribution in [0.2, 0.25) is 0 Å². The van der Waals surface area contributed by atoms with E-state index in [1.165, 1.54) is 0 Å². The number of nitrogens with one attached hydrogen (secondary N) is 2. The van der Waals surface area contributed by atoms with Crippen molar-refractivity contribution in [2.24, 2.45) is 7.05 Å². The normalized spacial score (nSPS) is 10.9. The van der Waals surface area contributed by atoms with Gasteiger partial charge in [-0.25, -0.2) is 4.98 Å². The quantitative estimate of drug-likeness (QED) is 0.794. The largest absolute Gasteiger partial charge is 0.360 e. The first kappa shape index (κ1) is 9.98. The number of hydrogen-bond donors (Lipinski definition) is 2. The molecule has 0 aliphatic heterocycles. The van der Waals surface area contributed by atoms with Gasteiger partial charge in [0.25, 0.3) is 0 Å². The summed E-state index contributed by atoms with van der Waals surface area (Å²) in [4.78, 5) is 7.75. The van der Waals surface area contributed by atoms with Gasteiger partial charge in [-0.15, -0.1) is 0 Å². The lowest BCUT2D eigenvalue weighted by molar-refractivity contribution is 0.796. The molecule has 2 aromatic rings. The van der Waals surface area contributed by atoms with Crippen molar-refractivity contribution < 1.29 is 0 Å². The molecule has 0 atom stereocenters. The van der Waals surface area contributed by atoms with Gasteiger partial charge in [-0.3, -0.25) is 0 Å². The molecule has 2 aromatic heterocycles. The van der Waals surface area contributed by atoms with Crippen LogP contribution in [-0.4, -0.2) is 21.6 Å². The van der Waals surface area contributed by atoms with Crippen LogP contribution < -0.4 is 5.32 Å². The number of hydrogen-bond acceptors (Lipinski definition) is 2. The first-order valence-electron chi connectivity index (χ1n) is 5.04. The van der Waals surface area contributed by atoms with E-state index in [4.69, 9.17) is 0 Å². The van der Waals surface area contributed by atoms with E-state index >= 15 is 0 Å². The molecular formula is C11H16N4. The van der Waals surface area contributed by atoms with Crippen molar-refractivity contribution in [1.82, 2.24) is 19.9 Å². The first-order chi connectivity index (χ1) is 7.24. The van der Waals surface area contributed by atoms with Gasteiger partial charge in [-0.2, -0.15) is 0 Å². The Morgan fingerprint density at radius 1 is 1.53 bits per heavy atom. The van der Waals surface area contributed by atoms with Crippen molar-refractivity contribution in [3.8, 4) is 11.4 Å². The average Bonchev–Trinajstić information content (AvgIpc) is 2.78. The summed E-state index contributed by atoms with van der Waals surface area (Å²) in [5.41, 5.74) is 3.36. The van der Waals surface area contributed by atoms with Gasteiger partial charge in [-0.1, -0.05) is 0 Å². The minimum absolute atomic E-state index is 0.788. The lowest BCUT2D eigenvalue weighted by atomic mass is 10.2. The first-order valence-corrected chi connectivity index (χ1v) is 5.04. The molecule has 0 saturated carbocycles. The molecule has 0 spiro atoms. The zero-order valence-corrected chi connectivity index (χ0v) is 9.33. The fourth-order valence-electron chi connectivity index (χ4n) is 1.78. The van der Waals surface area contributed by atoms with E-state index in [-0.39, 0.29) is 0 Å². The molecule has 0 aliphatic rings. The highest BCUT2D eigenvalue weighted by Gasteiger charge is 2.13. The van der Waals surface area contributed by atoms with Crippen LogP contribution in [0.1, 0.15) is 11.5 Å². The van der Waals surface area contributed by atoms with E-state index in [1.54, 1.807) is 0 Å². The lowest BCUT2D eigenvalue weighted by Crippen LogP contribution is -2.07. The third-order valence-electron chi connectivity index (χ3n) is 2.59. The topological polar surface area (TPSA) is 45.6 Å². The van der Waals surface area contributed by atoms with Crippen LogP contribution in [0, 0.1) is 6.92 Å². The predicted octanol–water partition coefficient (Wildman–Crippen LogP) is 1.44. The minimum Gasteiger partial charge on any atom is -0.360 e. The molecule has 2 heterocycles. The summed E-state index contributed by atoms with van der Waals surface area (Å²) in [5.74, 6) is 1.03. The molecule has 2 rings (SSSR count). The van der Waals surface area contributed by atoms with E-state index in [0.29, 0.717) is 0 Å². The maximum absolute atomic E-state index is 4.54. The average molecular weight is 204 g/mol. The highest BCUT2D eigenvalue weighted by Crippen LogP contribution is 2.22. The van der Waals surface area contributed by atoms with Crippen LogP contribution in [0.3, 0.4) is 0 Å². The Hall–Kier alpha value is -1.55. The van der Waals surface area contributed by atoms with Gasteiger partial charge in [0, 0.05) is 19.8 Å². The zero-order valence-electron chi connectivity index (χ0n) is 9.33. The smallest absolute Gasteiger partial charge is 0.106 e. The van der Waals surface area contributed by atoms with E-state index in [9.17, 15) is 0 Å². The Balaban J connectivity index is 2.53. The second-order valence-electron chi connectivity index (χ2n) is 3.63. The van der Waals surface area contributed by atoms with Crippen LogP contribution in [-0.2, 0) is 13.6 Å². The fraction of sp³-hybridized carbons (Fsp3) is 0.364. The van der Waals surface area contributed by atoms with Crippen LogP contribution in [0.25, 0.3) is 11.4 Å². The summed E-state index contributed by atoms with van der Waals surface area (Å²) in [6, 6.07) is 4.07. The number of H-pyrrole nitrogens is 1. The molecule has 0 unspecified atom stereocenters. The molecule has 0 bridgehead atoms. The fourth-order valence-corrected chi connectivity index (χ4v) is 1.78. The standard InChI is InChI=1S/C11H16N4/c1-8-14-10(7-12-2)11(15(8)3)9-5-4-6-13-9/h4-6,12-13H,7H2,1-3H3. The summed E-state index contributed by atoms with van der Waals surface area (Å²) < 4.78 is 2.11. The van der Waals surface area contributed by atoms with Gasteiger partial charge in [0.05, 0.1) is 17.1 Å².